The van der Waals surface area contributed by atoms with Crippen LogP contribution in [-0.4, -0.2) is 25.4 Å². The Morgan fingerprint density at radius 2 is 1.39 bits per heavy atom. The summed E-state index contributed by atoms with van der Waals surface area (Å²) in [7, 11) is -3.85. The van der Waals surface area contributed by atoms with E-state index >= 15 is 0 Å². The molecular formula is C20H16N2O5S. The highest BCUT2D eigenvalue weighted by molar-refractivity contribution is 7.92. The van der Waals surface area contributed by atoms with Crippen LogP contribution >= 0.6 is 0 Å². The molecule has 0 fully saturated rings. The van der Waals surface area contributed by atoms with E-state index in [1.165, 1.54) is 48.5 Å². The van der Waals surface area contributed by atoms with Crippen molar-refractivity contribution in [2.45, 2.75) is 4.90 Å². The molecule has 7 nitrogen and oxygen atoms in total. The van der Waals surface area contributed by atoms with Gasteiger partial charge < -0.3 is 10.4 Å². The van der Waals surface area contributed by atoms with Gasteiger partial charge in [0, 0.05) is 5.69 Å². The number of carboxylic acid groups (broad SMARTS) is 1. The van der Waals surface area contributed by atoms with Crippen LogP contribution in [0.4, 0.5) is 11.4 Å². The first-order valence-corrected chi connectivity index (χ1v) is 9.67. The van der Waals surface area contributed by atoms with E-state index in [-0.39, 0.29) is 21.7 Å². The van der Waals surface area contributed by atoms with E-state index in [9.17, 15) is 18.0 Å². The topological polar surface area (TPSA) is 113 Å². The van der Waals surface area contributed by atoms with Gasteiger partial charge in [0.15, 0.2) is 0 Å². The average Bonchev–Trinajstić information content (AvgIpc) is 2.69. The summed E-state index contributed by atoms with van der Waals surface area (Å²) in [6.45, 7) is 0. The van der Waals surface area contributed by atoms with Crippen molar-refractivity contribution in [3.05, 3.63) is 90.0 Å². The van der Waals surface area contributed by atoms with Crippen molar-refractivity contribution >= 4 is 33.3 Å². The van der Waals surface area contributed by atoms with Gasteiger partial charge in [-0.1, -0.05) is 30.3 Å². The fourth-order valence-corrected chi connectivity index (χ4v) is 3.57. The summed E-state index contributed by atoms with van der Waals surface area (Å²) in [4.78, 5) is 23.6. The number of carboxylic acids is 1. The number of sulfonamides is 1. The largest absolute Gasteiger partial charge is 0.478 e. The number of benzene rings is 3. The van der Waals surface area contributed by atoms with Crippen LogP contribution in [0, 0.1) is 0 Å². The highest BCUT2D eigenvalue weighted by atomic mass is 32.2. The lowest BCUT2D eigenvalue weighted by molar-refractivity contribution is 0.0696. The average molecular weight is 396 g/mol. The zero-order chi connectivity index (χ0) is 20.1. The zero-order valence-corrected chi connectivity index (χ0v) is 15.3. The molecule has 0 aromatic heterocycles. The molecule has 8 heteroatoms. The molecule has 3 aromatic rings. The number of carbonyl (C=O) groups is 2. The number of anilines is 2. The molecule has 28 heavy (non-hydrogen) atoms. The number of nitrogens with one attached hydrogen (secondary N) is 2. The third-order valence-electron chi connectivity index (χ3n) is 3.86. The second-order valence-electron chi connectivity index (χ2n) is 5.80. The van der Waals surface area contributed by atoms with Crippen LogP contribution in [0.15, 0.2) is 83.8 Å². The van der Waals surface area contributed by atoms with Gasteiger partial charge in [0.2, 0.25) is 0 Å². The minimum Gasteiger partial charge on any atom is -0.478 e. The molecular weight excluding hydrogens is 380 g/mol. The van der Waals surface area contributed by atoms with Gasteiger partial charge in [0.25, 0.3) is 15.9 Å². The standard InChI is InChI=1S/C20H16N2O5S/c23-19(21-15-12-10-14(11-13-15)20(24)25)17-8-4-5-9-18(17)22-28(26,27)16-6-2-1-3-7-16/h1-13,22H,(H,21,23)(H,24,25). The number of hydrogen-bond acceptors (Lipinski definition) is 4. The van der Waals surface area contributed by atoms with Gasteiger partial charge in [0.05, 0.1) is 21.7 Å². The predicted octanol–water partition coefficient (Wildman–Crippen LogP) is 3.44. The van der Waals surface area contributed by atoms with Gasteiger partial charge in [-0.15, -0.1) is 0 Å². The van der Waals surface area contributed by atoms with Gasteiger partial charge in [-0.25, -0.2) is 13.2 Å². The molecule has 0 saturated carbocycles. The fraction of sp³-hybridized carbons (Fsp3) is 0. The van der Waals surface area contributed by atoms with Gasteiger partial charge in [-0.2, -0.15) is 0 Å². The van der Waals surface area contributed by atoms with E-state index in [4.69, 9.17) is 5.11 Å². The molecule has 0 saturated heterocycles. The normalized spacial score (nSPS) is 10.9. The Labute approximate surface area is 161 Å². The first-order chi connectivity index (χ1) is 13.4. The van der Waals surface area contributed by atoms with Crippen LogP contribution < -0.4 is 10.0 Å². The van der Waals surface area contributed by atoms with E-state index in [2.05, 4.69) is 10.0 Å². The van der Waals surface area contributed by atoms with Gasteiger partial charge >= 0.3 is 5.97 Å². The van der Waals surface area contributed by atoms with Crippen molar-refractivity contribution < 1.29 is 23.1 Å². The molecule has 142 valence electrons. The maximum Gasteiger partial charge on any atom is 0.335 e. The first kappa shape index (κ1) is 19.1. The van der Waals surface area contributed by atoms with Crippen molar-refractivity contribution in [3.63, 3.8) is 0 Å². The van der Waals surface area contributed by atoms with Crippen molar-refractivity contribution in [3.8, 4) is 0 Å². The van der Waals surface area contributed by atoms with Crippen LogP contribution in [0.5, 0.6) is 0 Å². The monoisotopic (exact) mass is 396 g/mol. The zero-order valence-electron chi connectivity index (χ0n) is 14.5. The Balaban J connectivity index is 1.83. The number of amides is 1. The summed E-state index contributed by atoms with van der Waals surface area (Å²) in [5.41, 5.74) is 0.736. The maximum atomic E-state index is 12.6. The molecule has 0 spiro atoms. The summed E-state index contributed by atoms with van der Waals surface area (Å²) in [6, 6.07) is 19.7. The van der Waals surface area contributed by atoms with Crippen LogP contribution in [0.1, 0.15) is 20.7 Å². The van der Waals surface area contributed by atoms with Gasteiger partial charge in [-0.05, 0) is 48.5 Å². The molecule has 3 N–H and O–H groups in total. The lowest BCUT2D eigenvalue weighted by atomic mass is 10.1. The number of rotatable bonds is 6. The fourth-order valence-electron chi connectivity index (χ4n) is 2.47. The molecule has 0 radical (unpaired) electrons. The molecule has 0 aliphatic carbocycles. The Morgan fingerprint density at radius 1 is 0.786 bits per heavy atom. The van der Waals surface area contributed by atoms with Gasteiger partial charge in [0.1, 0.15) is 0 Å². The molecule has 0 atom stereocenters. The van der Waals surface area contributed by atoms with E-state index in [1.807, 2.05) is 0 Å². The molecule has 0 aliphatic rings. The second-order valence-corrected chi connectivity index (χ2v) is 7.48. The molecule has 3 aromatic carbocycles. The van der Waals surface area contributed by atoms with E-state index < -0.39 is 21.9 Å². The van der Waals surface area contributed by atoms with E-state index in [0.717, 1.165) is 0 Å². The van der Waals surface area contributed by atoms with Crippen LogP contribution in [0.2, 0.25) is 0 Å². The van der Waals surface area contributed by atoms with Crippen molar-refractivity contribution in [2.75, 3.05) is 10.0 Å². The minimum atomic E-state index is -3.85. The SMILES string of the molecule is O=C(O)c1ccc(NC(=O)c2ccccc2NS(=O)(=O)c2ccccc2)cc1. The number of hydrogen-bond donors (Lipinski definition) is 3. The molecule has 1 amide bonds. The number of para-hydroxylation sites is 1. The number of carbonyl (C=O) groups excluding carboxylic acids is 1. The molecule has 0 aliphatic heterocycles. The summed E-state index contributed by atoms with van der Waals surface area (Å²) in [5, 5.41) is 11.5. The maximum absolute atomic E-state index is 12.6. The smallest absolute Gasteiger partial charge is 0.335 e. The second kappa shape index (κ2) is 7.93. The highest BCUT2D eigenvalue weighted by Gasteiger charge is 2.18. The van der Waals surface area contributed by atoms with Crippen molar-refractivity contribution in [1.29, 1.82) is 0 Å². The third-order valence-corrected chi connectivity index (χ3v) is 5.24. The lowest BCUT2D eigenvalue weighted by Gasteiger charge is -2.13. The quantitative estimate of drug-likeness (QED) is 0.591. The lowest BCUT2D eigenvalue weighted by Crippen LogP contribution is -2.18. The third kappa shape index (κ3) is 4.36. The number of aromatic carboxylic acids is 1. The van der Waals surface area contributed by atoms with Crippen LogP contribution in [-0.2, 0) is 10.0 Å². The summed E-state index contributed by atoms with van der Waals surface area (Å²) < 4.78 is 27.5. The van der Waals surface area contributed by atoms with Crippen LogP contribution in [0.3, 0.4) is 0 Å². The van der Waals surface area contributed by atoms with Crippen LogP contribution in [0.25, 0.3) is 0 Å². The summed E-state index contributed by atoms with van der Waals surface area (Å²) >= 11 is 0. The predicted molar refractivity (Wildman–Crippen MR) is 105 cm³/mol. The Hall–Kier alpha value is -3.65. The van der Waals surface area contributed by atoms with E-state index in [1.54, 1.807) is 30.3 Å². The highest BCUT2D eigenvalue weighted by Crippen LogP contribution is 2.21. The van der Waals surface area contributed by atoms with E-state index in [0.29, 0.717) is 5.69 Å². The minimum absolute atomic E-state index is 0.0782. The van der Waals surface area contributed by atoms with Crippen molar-refractivity contribution in [2.24, 2.45) is 0 Å². The Bertz CT molecular complexity index is 1110. The molecule has 0 heterocycles. The summed E-state index contributed by atoms with van der Waals surface area (Å²) in [6.07, 6.45) is 0. The molecule has 0 unspecified atom stereocenters. The summed E-state index contributed by atoms with van der Waals surface area (Å²) in [5.74, 6) is -1.60. The Morgan fingerprint density at radius 3 is 2.04 bits per heavy atom. The van der Waals surface area contributed by atoms with Gasteiger partial charge in [-0.3, -0.25) is 9.52 Å². The molecule has 0 bridgehead atoms. The first-order valence-electron chi connectivity index (χ1n) is 8.18. The Kier molecular flexibility index (Phi) is 5.42. The van der Waals surface area contributed by atoms with Crippen molar-refractivity contribution in [1.82, 2.24) is 0 Å². The molecule has 3 rings (SSSR count).